The van der Waals surface area contributed by atoms with Gasteiger partial charge in [-0.25, -0.2) is 17.5 Å². The smallest absolute Gasteiger partial charge is 0.242 e. The molecule has 1 fully saturated rings. The van der Waals surface area contributed by atoms with E-state index >= 15 is 0 Å². The van der Waals surface area contributed by atoms with Crippen LogP contribution in [-0.2, 0) is 10.0 Å². The summed E-state index contributed by atoms with van der Waals surface area (Å²) in [6, 6.07) is 3.62. The lowest BCUT2D eigenvalue weighted by molar-refractivity contribution is 0.539. The highest BCUT2D eigenvalue weighted by Crippen LogP contribution is 2.22. The van der Waals surface area contributed by atoms with E-state index in [9.17, 15) is 12.8 Å². The number of hydrogen-bond acceptors (Lipinski definition) is 3. The zero-order valence-electron chi connectivity index (χ0n) is 10.7. The van der Waals surface area contributed by atoms with Gasteiger partial charge in [0.25, 0.3) is 0 Å². The molecule has 0 amide bonds. The number of sulfonamides is 1. The summed E-state index contributed by atoms with van der Waals surface area (Å²) in [7, 11) is -3.68. The van der Waals surface area contributed by atoms with E-state index in [1.54, 1.807) is 0 Å². The molecule has 0 aromatic heterocycles. The minimum absolute atomic E-state index is 0. The molecule has 8 heteroatoms. The summed E-state index contributed by atoms with van der Waals surface area (Å²) in [6.07, 6.45) is 2.93. The molecular formula is C12H17Cl2FN2O2S. The van der Waals surface area contributed by atoms with Crippen LogP contribution in [0.15, 0.2) is 23.1 Å². The fraction of sp³-hybridized carbons (Fsp3) is 0.500. The van der Waals surface area contributed by atoms with Crippen molar-refractivity contribution in [2.75, 3.05) is 13.1 Å². The van der Waals surface area contributed by atoms with Crippen molar-refractivity contribution >= 4 is 34.0 Å². The highest BCUT2D eigenvalue weighted by molar-refractivity contribution is 7.89. The minimum atomic E-state index is -3.68. The standard InChI is InChI=1S/C12H16ClFN2O2S.ClH/c13-11-8-9(14)3-4-12(11)19(17,18)16-7-5-10-2-1-6-15-10;/h3-4,8,10,15-16H,1-2,5-7H2;1H/t10-;/m1./s1. The number of halogens is 3. The van der Waals surface area contributed by atoms with Gasteiger partial charge in [0.05, 0.1) is 5.02 Å². The Bertz CT molecular complexity index is 548. The fourth-order valence-corrected chi connectivity index (χ4v) is 3.72. The first-order valence-corrected chi connectivity index (χ1v) is 8.03. The zero-order chi connectivity index (χ0) is 13.9. The average molecular weight is 343 g/mol. The van der Waals surface area contributed by atoms with E-state index < -0.39 is 15.8 Å². The van der Waals surface area contributed by atoms with Crippen molar-refractivity contribution in [1.29, 1.82) is 0 Å². The molecule has 1 aliphatic rings. The van der Waals surface area contributed by atoms with Gasteiger partial charge < -0.3 is 5.32 Å². The van der Waals surface area contributed by atoms with E-state index in [1.807, 2.05) is 0 Å². The van der Waals surface area contributed by atoms with Crippen LogP contribution in [0.3, 0.4) is 0 Å². The third-order valence-electron chi connectivity index (χ3n) is 3.13. The lowest BCUT2D eigenvalue weighted by Crippen LogP contribution is -2.30. The van der Waals surface area contributed by atoms with Gasteiger partial charge in [-0.2, -0.15) is 0 Å². The summed E-state index contributed by atoms with van der Waals surface area (Å²) in [4.78, 5) is -0.0880. The van der Waals surface area contributed by atoms with Crippen molar-refractivity contribution in [2.24, 2.45) is 0 Å². The van der Waals surface area contributed by atoms with Crippen LogP contribution in [0.4, 0.5) is 4.39 Å². The van der Waals surface area contributed by atoms with Crippen LogP contribution in [0.5, 0.6) is 0 Å². The highest BCUT2D eigenvalue weighted by Gasteiger charge is 2.19. The Labute approximate surface area is 129 Å². The molecule has 0 spiro atoms. The normalized spacial score (nSPS) is 18.8. The van der Waals surface area contributed by atoms with Crippen molar-refractivity contribution in [1.82, 2.24) is 10.0 Å². The molecule has 1 aromatic rings. The fourth-order valence-electron chi connectivity index (χ4n) is 2.14. The molecule has 1 aromatic carbocycles. The number of rotatable bonds is 5. The highest BCUT2D eigenvalue weighted by atomic mass is 35.5. The first kappa shape index (κ1) is 17.7. The van der Waals surface area contributed by atoms with Crippen LogP contribution < -0.4 is 10.0 Å². The van der Waals surface area contributed by atoms with Gasteiger partial charge in [-0.3, -0.25) is 0 Å². The van der Waals surface area contributed by atoms with E-state index in [4.69, 9.17) is 11.6 Å². The Morgan fingerprint density at radius 3 is 2.80 bits per heavy atom. The van der Waals surface area contributed by atoms with Gasteiger partial charge in [-0.05, 0) is 44.0 Å². The Morgan fingerprint density at radius 1 is 1.45 bits per heavy atom. The maximum Gasteiger partial charge on any atom is 0.242 e. The quantitative estimate of drug-likeness (QED) is 0.863. The molecule has 0 aliphatic carbocycles. The number of benzene rings is 1. The second-order valence-corrected chi connectivity index (χ2v) is 6.70. The Hall–Kier alpha value is -0.400. The Balaban J connectivity index is 0.00000200. The summed E-state index contributed by atoms with van der Waals surface area (Å²) >= 11 is 5.75. The SMILES string of the molecule is Cl.O=S(=O)(NCC[C@H]1CCCN1)c1ccc(F)cc1Cl. The molecule has 114 valence electrons. The molecule has 1 saturated heterocycles. The van der Waals surface area contributed by atoms with Crippen LogP contribution in [0.2, 0.25) is 5.02 Å². The summed E-state index contributed by atoms with van der Waals surface area (Å²) in [5, 5.41) is 3.19. The molecule has 0 radical (unpaired) electrons. The van der Waals surface area contributed by atoms with Gasteiger partial charge in [0, 0.05) is 12.6 Å². The van der Waals surface area contributed by atoms with E-state index in [0.717, 1.165) is 37.9 Å². The molecule has 1 aliphatic heterocycles. The summed E-state index contributed by atoms with van der Waals surface area (Å²) in [6.45, 7) is 1.33. The van der Waals surface area contributed by atoms with Crippen LogP contribution in [0.1, 0.15) is 19.3 Å². The molecule has 1 atom stereocenters. The second-order valence-electron chi connectivity index (χ2n) is 4.55. The van der Waals surface area contributed by atoms with Gasteiger partial charge in [-0.1, -0.05) is 11.6 Å². The predicted octanol–water partition coefficient (Wildman–Crippen LogP) is 2.32. The first-order chi connectivity index (χ1) is 8.99. The lowest BCUT2D eigenvalue weighted by Gasteiger charge is -2.12. The lowest BCUT2D eigenvalue weighted by atomic mass is 10.2. The van der Waals surface area contributed by atoms with Crippen LogP contribution in [0, 0.1) is 5.82 Å². The molecule has 0 saturated carbocycles. The van der Waals surface area contributed by atoms with Crippen molar-refractivity contribution < 1.29 is 12.8 Å². The maximum atomic E-state index is 12.9. The van der Waals surface area contributed by atoms with E-state index in [1.165, 1.54) is 6.07 Å². The summed E-state index contributed by atoms with van der Waals surface area (Å²) in [5.74, 6) is -0.556. The van der Waals surface area contributed by atoms with Gasteiger partial charge in [-0.15, -0.1) is 12.4 Å². The van der Waals surface area contributed by atoms with Gasteiger partial charge in [0.15, 0.2) is 0 Å². The third-order valence-corrected chi connectivity index (χ3v) is 5.07. The van der Waals surface area contributed by atoms with Crippen LogP contribution in [-0.4, -0.2) is 27.5 Å². The molecular weight excluding hydrogens is 326 g/mol. The van der Waals surface area contributed by atoms with E-state index in [-0.39, 0.29) is 22.3 Å². The molecule has 4 nitrogen and oxygen atoms in total. The second kappa shape index (κ2) is 7.56. The molecule has 2 rings (SSSR count). The number of hydrogen-bond donors (Lipinski definition) is 2. The Morgan fingerprint density at radius 2 is 2.20 bits per heavy atom. The minimum Gasteiger partial charge on any atom is -0.314 e. The van der Waals surface area contributed by atoms with Crippen molar-refractivity contribution in [3.05, 3.63) is 29.0 Å². The van der Waals surface area contributed by atoms with Gasteiger partial charge in [0.2, 0.25) is 10.0 Å². The molecule has 1 heterocycles. The Kier molecular flexibility index (Phi) is 6.68. The van der Waals surface area contributed by atoms with Crippen molar-refractivity contribution in [3.63, 3.8) is 0 Å². The molecule has 20 heavy (non-hydrogen) atoms. The van der Waals surface area contributed by atoms with Gasteiger partial charge in [0.1, 0.15) is 10.7 Å². The monoisotopic (exact) mass is 342 g/mol. The maximum absolute atomic E-state index is 12.9. The zero-order valence-corrected chi connectivity index (χ0v) is 13.1. The van der Waals surface area contributed by atoms with E-state index in [2.05, 4.69) is 10.0 Å². The van der Waals surface area contributed by atoms with Gasteiger partial charge >= 0.3 is 0 Å². The number of nitrogens with one attached hydrogen (secondary N) is 2. The van der Waals surface area contributed by atoms with Crippen molar-refractivity contribution in [3.8, 4) is 0 Å². The van der Waals surface area contributed by atoms with Crippen LogP contribution >= 0.6 is 24.0 Å². The first-order valence-electron chi connectivity index (χ1n) is 6.17. The largest absolute Gasteiger partial charge is 0.314 e. The summed E-state index contributed by atoms with van der Waals surface area (Å²) in [5.41, 5.74) is 0. The molecule has 0 unspecified atom stereocenters. The molecule has 0 bridgehead atoms. The predicted molar refractivity (Wildman–Crippen MR) is 79.5 cm³/mol. The molecule has 2 N–H and O–H groups in total. The summed E-state index contributed by atoms with van der Waals surface area (Å²) < 4.78 is 39.4. The van der Waals surface area contributed by atoms with Crippen molar-refractivity contribution in [2.45, 2.75) is 30.2 Å². The average Bonchev–Trinajstić information content (AvgIpc) is 2.81. The third kappa shape index (κ3) is 4.56. The topological polar surface area (TPSA) is 58.2 Å². The van der Waals surface area contributed by atoms with E-state index in [0.29, 0.717) is 12.6 Å². The van der Waals surface area contributed by atoms with Crippen LogP contribution in [0.25, 0.3) is 0 Å².